The van der Waals surface area contributed by atoms with Gasteiger partial charge in [-0.1, -0.05) is 0 Å². The van der Waals surface area contributed by atoms with Gasteiger partial charge < -0.3 is 15.3 Å². The zero-order valence-corrected chi connectivity index (χ0v) is 5.11. The van der Waals surface area contributed by atoms with Crippen LogP contribution in [0.4, 0.5) is 0 Å². The second kappa shape index (κ2) is 2.11. The van der Waals surface area contributed by atoms with Crippen LogP contribution in [0.3, 0.4) is 0 Å². The van der Waals surface area contributed by atoms with E-state index in [0.717, 1.165) is 0 Å². The summed E-state index contributed by atoms with van der Waals surface area (Å²) < 4.78 is 2.42. The Morgan fingerprint density at radius 1 is 1.88 bits per heavy atom. The highest BCUT2D eigenvalue weighted by molar-refractivity contribution is 7.71. The average molecular weight is 129 g/mol. The van der Waals surface area contributed by atoms with Gasteiger partial charge >= 0.3 is 0 Å². The lowest BCUT2D eigenvalue weighted by Gasteiger charge is -1.90. The topological polar surface area (TPSA) is 46.7 Å². The molecule has 0 saturated heterocycles. The van der Waals surface area contributed by atoms with E-state index < -0.39 is 0 Å². The molecule has 0 fully saturated rings. The van der Waals surface area contributed by atoms with E-state index >= 15 is 0 Å². The minimum absolute atomic E-state index is 0.447. The summed E-state index contributed by atoms with van der Waals surface area (Å²) in [6, 6.07) is 0. The number of nitrogens with one attached hydrogen (secondary N) is 1. The first-order valence-electron chi connectivity index (χ1n) is 2.28. The van der Waals surface area contributed by atoms with Crippen molar-refractivity contribution in [3.8, 4) is 0 Å². The van der Waals surface area contributed by atoms with E-state index in [0.29, 0.717) is 11.4 Å². The third kappa shape index (κ3) is 0.801. The van der Waals surface area contributed by atoms with Gasteiger partial charge in [0.15, 0.2) is 4.77 Å². The van der Waals surface area contributed by atoms with Crippen LogP contribution in [0.2, 0.25) is 0 Å². The van der Waals surface area contributed by atoms with Gasteiger partial charge in [0, 0.05) is 12.4 Å². The van der Waals surface area contributed by atoms with E-state index in [-0.39, 0.29) is 0 Å². The molecule has 0 atom stereocenters. The minimum atomic E-state index is 0.447. The van der Waals surface area contributed by atoms with Gasteiger partial charge in [-0.25, -0.2) is 0 Å². The highest BCUT2D eigenvalue weighted by atomic mass is 32.1. The Morgan fingerprint density at radius 3 is 2.88 bits per heavy atom. The number of hydrogen-bond donors (Lipinski definition) is 2. The Balaban J connectivity index is 3.11. The first kappa shape index (κ1) is 5.53. The third-order valence-corrected chi connectivity index (χ3v) is 1.27. The number of nitrogens with two attached hydrogens (primary N) is 1. The Kier molecular flexibility index (Phi) is 1.45. The molecule has 1 rings (SSSR count). The second-order valence-corrected chi connectivity index (χ2v) is 1.80. The van der Waals surface area contributed by atoms with Gasteiger partial charge in [-0.05, 0) is 12.2 Å². The molecular weight excluding hydrogens is 122 g/mol. The summed E-state index contributed by atoms with van der Waals surface area (Å²) in [7, 11) is 0. The van der Waals surface area contributed by atoms with Crippen molar-refractivity contribution in [1.29, 1.82) is 0 Å². The second-order valence-electron chi connectivity index (χ2n) is 1.42. The molecule has 0 bridgehead atoms. The van der Waals surface area contributed by atoms with Crippen LogP contribution in [-0.2, 0) is 6.67 Å². The molecule has 0 saturated carbocycles. The fraction of sp³-hybridized carbons (Fsp3) is 0.250. The molecule has 1 aromatic heterocycles. The summed E-state index contributed by atoms with van der Waals surface area (Å²) in [5.74, 6) is 0. The molecule has 0 amide bonds. The van der Waals surface area contributed by atoms with Gasteiger partial charge in [0.1, 0.15) is 0 Å². The lowest BCUT2D eigenvalue weighted by molar-refractivity contribution is 0.721. The summed E-state index contributed by atoms with van der Waals surface area (Å²) in [5.41, 5.74) is 5.27. The summed E-state index contributed by atoms with van der Waals surface area (Å²) in [5, 5.41) is 0. The minimum Gasteiger partial charge on any atom is -0.337 e. The molecule has 8 heavy (non-hydrogen) atoms. The van der Waals surface area contributed by atoms with Crippen LogP contribution in [0.25, 0.3) is 0 Å². The molecule has 0 aromatic carbocycles. The van der Waals surface area contributed by atoms with Crippen LogP contribution in [0.15, 0.2) is 12.4 Å². The molecule has 4 heteroatoms. The maximum Gasteiger partial charge on any atom is 0.178 e. The van der Waals surface area contributed by atoms with Gasteiger partial charge in [0.25, 0.3) is 0 Å². The maximum absolute atomic E-state index is 5.27. The SMILES string of the molecule is NCn1cc[nH]c1=S. The lowest BCUT2D eigenvalue weighted by Crippen LogP contribution is -2.04. The summed E-state index contributed by atoms with van der Waals surface area (Å²) in [6.07, 6.45) is 3.57. The van der Waals surface area contributed by atoms with E-state index in [1.165, 1.54) is 0 Å². The summed E-state index contributed by atoms with van der Waals surface area (Å²) in [6.45, 7) is 0.447. The number of imidazole rings is 1. The molecule has 0 unspecified atom stereocenters. The predicted molar refractivity (Wildman–Crippen MR) is 33.8 cm³/mol. The van der Waals surface area contributed by atoms with Crippen LogP contribution >= 0.6 is 12.2 Å². The molecule has 1 heterocycles. The van der Waals surface area contributed by atoms with E-state index in [9.17, 15) is 0 Å². The van der Waals surface area contributed by atoms with Crippen LogP contribution < -0.4 is 5.73 Å². The fourth-order valence-corrected chi connectivity index (χ4v) is 0.696. The first-order valence-corrected chi connectivity index (χ1v) is 2.69. The fourth-order valence-electron chi connectivity index (χ4n) is 0.493. The van der Waals surface area contributed by atoms with Crippen molar-refractivity contribution in [2.45, 2.75) is 6.67 Å². The summed E-state index contributed by atoms with van der Waals surface area (Å²) >= 11 is 4.81. The number of aromatic nitrogens is 2. The smallest absolute Gasteiger partial charge is 0.178 e. The van der Waals surface area contributed by atoms with Gasteiger partial charge in [-0.15, -0.1) is 0 Å². The number of H-pyrrole nitrogens is 1. The Morgan fingerprint density at radius 2 is 2.62 bits per heavy atom. The highest BCUT2D eigenvalue weighted by Crippen LogP contribution is 1.84. The van der Waals surface area contributed by atoms with Crippen LogP contribution in [0, 0.1) is 4.77 Å². The number of rotatable bonds is 1. The van der Waals surface area contributed by atoms with E-state index in [4.69, 9.17) is 18.0 Å². The van der Waals surface area contributed by atoms with Crippen LogP contribution in [-0.4, -0.2) is 9.55 Å². The first-order chi connectivity index (χ1) is 3.84. The van der Waals surface area contributed by atoms with E-state index in [1.807, 2.05) is 6.20 Å². The van der Waals surface area contributed by atoms with E-state index in [1.54, 1.807) is 10.8 Å². The maximum atomic E-state index is 5.27. The monoisotopic (exact) mass is 129 g/mol. The molecule has 0 aliphatic heterocycles. The molecule has 3 nitrogen and oxygen atoms in total. The zero-order chi connectivity index (χ0) is 5.98. The molecule has 0 radical (unpaired) electrons. The normalized spacial score (nSPS) is 9.62. The van der Waals surface area contributed by atoms with Gasteiger partial charge in [0.05, 0.1) is 6.67 Å². The van der Waals surface area contributed by atoms with Crippen molar-refractivity contribution in [3.05, 3.63) is 17.2 Å². The van der Waals surface area contributed by atoms with Gasteiger partial charge in [0.2, 0.25) is 0 Å². The van der Waals surface area contributed by atoms with E-state index in [2.05, 4.69) is 4.98 Å². The largest absolute Gasteiger partial charge is 0.337 e. The molecule has 3 N–H and O–H groups in total. The van der Waals surface area contributed by atoms with Crippen molar-refractivity contribution in [1.82, 2.24) is 9.55 Å². The molecule has 0 aliphatic carbocycles. The molecular formula is C4H7N3S. The van der Waals surface area contributed by atoms with Crippen molar-refractivity contribution < 1.29 is 0 Å². The van der Waals surface area contributed by atoms with Crippen molar-refractivity contribution >= 4 is 12.2 Å². The standard InChI is InChI=1S/C4H7N3S/c5-3-7-2-1-6-4(7)8/h1-2H,3,5H2,(H,6,8). The van der Waals surface area contributed by atoms with Crippen molar-refractivity contribution in [2.24, 2.45) is 5.73 Å². The zero-order valence-electron chi connectivity index (χ0n) is 4.29. The van der Waals surface area contributed by atoms with Crippen LogP contribution in [0.5, 0.6) is 0 Å². The number of aromatic amines is 1. The quantitative estimate of drug-likeness (QED) is 0.541. The molecule has 44 valence electrons. The number of hydrogen-bond acceptors (Lipinski definition) is 2. The predicted octanol–water partition coefficient (Wildman–Crippen LogP) is 0.462. The number of nitrogens with zero attached hydrogens (tertiary/aromatic N) is 1. The third-order valence-electron chi connectivity index (χ3n) is 0.919. The Hall–Kier alpha value is -0.610. The Labute approximate surface area is 52.1 Å². The molecule has 0 spiro atoms. The van der Waals surface area contributed by atoms with Crippen LogP contribution in [0.1, 0.15) is 0 Å². The average Bonchev–Trinajstić information content (AvgIpc) is 2.14. The highest BCUT2D eigenvalue weighted by Gasteiger charge is 1.83. The molecule has 0 aliphatic rings. The Bertz CT molecular complexity index is 211. The van der Waals surface area contributed by atoms with Crippen molar-refractivity contribution in [3.63, 3.8) is 0 Å². The lowest BCUT2D eigenvalue weighted by atomic mass is 10.9. The molecule has 1 aromatic rings. The van der Waals surface area contributed by atoms with Crippen molar-refractivity contribution in [2.75, 3.05) is 0 Å². The van der Waals surface area contributed by atoms with Gasteiger partial charge in [-0.3, -0.25) is 0 Å². The summed E-state index contributed by atoms with van der Waals surface area (Å²) in [4.78, 5) is 2.82. The van der Waals surface area contributed by atoms with Gasteiger partial charge in [-0.2, -0.15) is 0 Å².